The molecule has 21 heavy (non-hydrogen) atoms. The molecule has 2 N–H and O–H groups in total. The molecule has 106 valence electrons. The smallest absolute Gasteiger partial charge is 0.274 e. The van der Waals surface area contributed by atoms with Gasteiger partial charge >= 0.3 is 0 Å². The van der Waals surface area contributed by atoms with Crippen LogP contribution in [0.3, 0.4) is 0 Å². The van der Waals surface area contributed by atoms with Crippen molar-refractivity contribution in [3.8, 4) is 0 Å². The van der Waals surface area contributed by atoms with Crippen molar-refractivity contribution in [2.24, 2.45) is 0 Å². The van der Waals surface area contributed by atoms with E-state index in [2.05, 4.69) is 31.5 Å². The fourth-order valence-electron chi connectivity index (χ4n) is 2.19. The van der Waals surface area contributed by atoms with Crippen molar-refractivity contribution in [3.05, 3.63) is 52.3 Å². The maximum absolute atomic E-state index is 12.1. The van der Waals surface area contributed by atoms with Gasteiger partial charge in [0.15, 0.2) is 0 Å². The molecule has 1 aliphatic heterocycles. The molecule has 2 heterocycles. The Balaban J connectivity index is 1.79. The normalized spacial score (nSPS) is 13.3. The molecule has 0 unspecified atom stereocenters. The summed E-state index contributed by atoms with van der Waals surface area (Å²) in [5.41, 5.74) is 2.87. The predicted molar refractivity (Wildman–Crippen MR) is 83.3 cm³/mol. The molecule has 0 aliphatic carbocycles. The Hall–Kier alpha value is -2.21. The van der Waals surface area contributed by atoms with Crippen LogP contribution in [-0.4, -0.2) is 16.8 Å². The molecule has 1 aromatic carbocycles. The average molecular weight is 346 g/mol. The molecule has 0 spiro atoms. The van der Waals surface area contributed by atoms with E-state index in [-0.39, 0.29) is 11.8 Å². The molecule has 0 fully saturated rings. The molecule has 0 atom stereocenters. The second-order valence-corrected chi connectivity index (χ2v) is 5.53. The number of carbonyl (C=O) groups excluding carboxylic acids is 2. The number of benzene rings is 1. The Morgan fingerprint density at radius 3 is 2.90 bits per heavy atom. The zero-order valence-corrected chi connectivity index (χ0v) is 12.6. The van der Waals surface area contributed by atoms with Gasteiger partial charge in [0.1, 0.15) is 10.3 Å². The number of fused-ring (bicyclic) bond motifs is 1. The number of nitrogens with one attached hydrogen (secondary N) is 2. The summed E-state index contributed by atoms with van der Waals surface area (Å²) < 4.78 is 0.614. The summed E-state index contributed by atoms with van der Waals surface area (Å²) >= 11 is 3.24. The van der Waals surface area contributed by atoms with Crippen LogP contribution < -0.4 is 10.6 Å². The predicted octanol–water partition coefficient (Wildman–Crippen LogP) is 2.98. The van der Waals surface area contributed by atoms with E-state index in [0.717, 1.165) is 11.3 Å². The number of amides is 2. The fraction of sp³-hybridized carbons (Fsp3) is 0.133. The molecule has 6 heteroatoms. The van der Waals surface area contributed by atoms with E-state index < -0.39 is 0 Å². The summed E-state index contributed by atoms with van der Waals surface area (Å²) in [4.78, 5) is 27.5. The topological polar surface area (TPSA) is 71.1 Å². The van der Waals surface area contributed by atoms with Crippen LogP contribution in [-0.2, 0) is 11.2 Å². The van der Waals surface area contributed by atoms with E-state index in [4.69, 9.17) is 0 Å². The molecule has 0 saturated carbocycles. The summed E-state index contributed by atoms with van der Waals surface area (Å²) in [5.74, 6) is -0.242. The van der Waals surface area contributed by atoms with E-state index >= 15 is 0 Å². The third-order valence-electron chi connectivity index (χ3n) is 3.21. The Kier molecular flexibility index (Phi) is 3.70. The first-order valence-electron chi connectivity index (χ1n) is 6.48. The van der Waals surface area contributed by atoms with Crippen molar-refractivity contribution < 1.29 is 9.59 Å². The van der Waals surface area contributed by atoms with E-state index in [1.165, 1.54) is 0 Å². The quantitative estimate of drug-likeness (QED) is 0.822. The highest BCUT2D eigenvalue weighted by atomic mass is 79.9. The molecule has 0 saturated heterocycles. The van der Waals surface area contributed by atoms with Gasteiger partial charge < -0.3 is 10.6 Å². The van der Waals surface area contributed by atoms with Crippen LogP contribution in [0.25, 0.3) is 0 Å². The standard InChI is InChI=1S/C15H12BrN3O2/c16-13-3-1-2-12(18-13)15(21)17-10-5-6-11-9(8-10)4-7-14(20)19-11/h1-3,5-6,8H,4,7H2,(H,17,21)(H,19,20). The minimum Gasteiger partial charge on any atom is -0.326 e. The van der Waals surface area contributed by atoms with Crippen LogP contribution in [0.5, 0.6) is 0 Å². The SMILES string of the molecule is O=C1CCc2cc(NC(=O)c3cccc(Br)n3)ccc2N1. The molecule has 0 radical (unpaired) electrons. The largest absolute Gasteiger partial charge is 0.326 e. The van der Waals surface area contributed by atoms with Crippen molar-refractivity contribution in [2.75, 3.05) is 10.6 Å². The monoisotopic (exact) mass is 345 g/mol. The van der Waals surface area contributed by atoms with Gasteiger partial charge in [0.2, 0.25) is 5.91 Å². The van der Waals surface area contributed by atoms with E-state index in [0.29, 0.717) is 28.8 Å². The molecule has 2 aromatic rings. The summed E-state index contributed by atoms with van der Waals surface area (Å²) in [6.07, 6.45) is 1.15. The van der Waals surface area contributed by atoms with Gasteiger partial charge in [-0.2, -0.15) is 0 Å². The minimum atomic E-state index is -0.268. The zero-order chi connectivity index (χ0) is 14.8. The van der Waals surface area contributed by atoms with Gasteiger partial charge in [-0.3, -0.25) is 9.59 Å². The summed E-state index contributed by atoms with van der Waals surface area (Å²) in [5, 5.41) is 5.62. The third kappa shape index (κ3) is 3.11. The Morgan fingerprint density at radius 2 is 2.10 bits per heavy atom. The zero-order valence-electron chi connectivity index (χ0n) is 11.0. The molecular formula is C15H12BrN3O2. The van der Waals surface area contributed by atoms with Crippen LogP contribution in [0.1, 0.15) is 22.5 Å². The van der Waals surface area contributed by atoms with E-state index in [1.54, 1.807) is 30.3 Å². The highest BCUT2D eigenvalue weighted by Gasteiger charge is 2.15. The molecule has 5 nitrogen and oxygen atoms in total. The highest BCUT2D eigenvalue weighted by Crippen LogP contribution is 2.25. The Bertz CT molecular complexity index is 731. The number of hydrogen-bond acceptors (Lipinski definition) is 3. The summed E-state index contributed by atoms with van der Waals surface area (Å²) in [7, 11) is 0. The minimum absolute atomic E-state index is 0.0256. The molecule has 0 bridgehead atoms. The lowest BCUT2D eigenvalue weighted by Crippen LogP contribution is -2.19. The first-order valence-corrected chi connectivity index (χ1v) is 7.28. The first kappa shape index (κ1) is 13.8. The maximum Gasteiger partial charge on any atom is 0.274 e. The number of hydrogen-bond donors (Lipinski definition) is 2. The molecular weight excluding hydrogens is 334 g/mol. The van der Waals surface area contributed by atoms with Crippen LogP contribution in [0.4, 0.5) is 11.4 Å². The summed E-state index contributed by atoms with van der Waals surface area (Å²) in [6, 6.07) is 10.6. The van der Waals surface area contributed by atoms with Gasteiger partial charge in [0.25, 0.3) is 5.91 Å². The lowest BCUT2D eigenvalue weighted by atomic mass is 10.0. The van der Waals surface area contributed by atoms with Gasteiger partial charge in [-0.15, -0.1) is 0 Å². The van der Waals surface area contributed by atoms with Crippen molar-refractivity contribution in [1.82, 2.24) is 4.98 Å². The highest BCUT2D eigenvalue weighted by molar-refractivity contribution is 9.10. The number of pyridine rings is 1. The van der Waals surface area contributed by atoms with Gasteiger partial charge in [0.05, 0.1) is 0 Å². The van der Waals surface area contributed by atoms with E-state index in [1.807, 2.05) is 6.07 Å². The van der Waals surface area contributed by atoms with Crippen molar-refractivity contribution in [2.45, 2.75) is 12.8 Å². The molecule has 2 amide bonds. The number of carbonyl (C=O) groups is 2. The van der Waals surface area contributed by atoms with Crippen LogP contribution >= 0.6 is 15.9 Å². The number of halogens is 1. The van der Waals surface area contributed by atoms with Crippen LogP contribution in [0, 0.1) is 0 Å². The number of aryl methyl sites for hydroxylation is 1. The van der Waals surface area contributed by atoms with E-state index in [9.17, 15) is 9.59 Å². The van der Waals surface area contributed by atoms with Gasteiger partial charge in [-0.05, 0) is 58.2 Å². The Morgan fingerprint density at radius 1 is 1.24 bits per heavy atom. The first-order chi connectivity index (χ1) is 10.1. The van der Waals surface area contributed by atoms with Crippen molar-refractivity contribution >= 4 is 39.1 Å². The molecule has 3 rings (SSSR count). The van der Waals surface area contributed by atoms with Crippen molar-refractivity contribution in [3.63, 3.8) is 0 Å². The second-order valence-electron chi connectivity index (χ2n) is 4.72. The lowest BCUT2D eigenvalue weighted by molar-refractivity contribution is -0.116. The number of anilines is 2. The van der Waals surface area contributed by atoms with Gasteiger partial charge in [0, 0.05) is 17.8 Å². The van der Waals surface area contributed by atoms with Crippen LogP contribution in [0.15, 0.2) is 41.0 Å². The number of aromatic nitrogens is 1. The number of rotatable bonds is 2. The van der Waals surface area contributed by atoms with Crippen LogP contribution in [0.2, 0.25) is 0 Å². The third-order valence-corrected chi connectivity index (χ3v) is 3.65. The van der Waals surface area contributed by atoms with Gasteiger partial charge in [-0.1, -0.05) is 6.07 Å². The maximum atomic E-state index is 12.1. The Labute approximate surface area is 129 Å². The van der Waals surface area contributed by atoms with Crippen molar-refractivity contribution in [1.29, 1.82) is 0 Å². The second kappa shape index (κ2) is 5.65. The lowest BCUT2D eigenvalue weighted by Gasteiger charge is -2.17. The molecule has 1 aromatic heterocycles. The number of nitrogens with zero attached hydrogens (tertiary/aromatic N) is 1. The van der Waals surface area contributed by atoms with Gasteiger partial charge in [-0.25, -0.2) is 4.98 Å². The fourth-order valence-corrected chi connectivity index (χ4v) is 2.53. The average Bonchev–Trinajstić information content (AvgIpc) is 2.47. The summed E-state index contributed by atoms with van der Waals surface area (Å²) in [6.45, 7) is 0. The molecule has 1 aliphatic rings.